The molecule has 4 rings (SSSR count). The molecule has 144 valence electrons. The van der Waals surface area contributed by atoms with E-state index in [4.69, 9.17) is 0 Å². The first-order valence-corrected chi connectivity index (χ1v) is 9.28. The SMILES string of the molecule is CN1CCN(c2ccc(N3CCN(C(=O)c4cn(C)nn4)CC3)nn2)CC1. The maximum absolute atomic E-state index is 12.5. The number of carbonyl (C=O) groups is 1. The summed E-state index contributed by atoms with van der Waals surface area (Å²) in [5.41, 5.74) is 0.391. The Morgan fingerprint density at radius 2 is 1.37 bits per heavy atom. The molecule has 0 saturated carbocycles. The zero-order valence-corrected chi connectivity index (χ0v) is 15.8. The van der Waals surface area contributed by atoms with Crippen molar-refractivity contribution in [2.45, 2.75) is 0 Å². The van der Waals surface area contributed by atoms with Crippen LogP contribution in [0.25, 0.3) is 0 Å². The van der Waals surface area contributed by atoms with Crippen molar-refractivity contribution in [1.29, 1.82) is 0 Å². The van der Waals surface area contributed by atoms with Crippen LogP contribution in [-0.4, -0.2) is 100 Å². The largest absolute Gasteiger partial charge is 0.353 e. The van der Waals surface area contributed by atoms with E-state index in [1.165, 1.54) is 0 Å². The van der Waals surface area contributed by atoms with Gasteiger partial charge in [-0.05, 0) is 19.2 Å². The van der Waals surface area contributed by atoms with Crippen LogP contribution in [-0.2, 0) is 7.05 Å². The molecule has 1 amide bonds. The number of likely N-dealkylation sites (N-methyl/N-ethyl adjacent to an activating group) is 1. The average molecular weight is 371 g/mol. The molecule has 0 aromatic carbocycles. The molecule has 2 aliphatic heterocycles. The van der Waals surface area contributed by atoms with E-state index in [0.717, 1.165) is 50.9 Å². The lowest BCUT2D eigenvalue weighted by Gasteiger charge is -2.35. The molecule has 2 aliphatic rings. The van der Waals surface area contributed by atoms with Crippen molar-refractivity contribution in [3.8, 4) is 0 Å². The third-order valence-corrected chi connectivity index (χ3v) is 5.18. The van der Waals surface area contributed by atoms with Crippen LogP contribution in [0.4, 0.5) is 11.6 Å². The predicted octanol–water partition coefficient (Wildman–Crippen LogP) is -0.681. The number of rotatable bonds is 3. The van der Waals surface area contributed by atoms with Gasteiger partial charge in [-0.15, -0.1) is 15.3 Å². The van der Waals surface area contributed by atoms with Gasteiger partial charge in [0.2, 0.25) is 0 Å². The van der Waals surface area contributed by atoms with E-state index in [-0.39, 0.29) is 5.91 Å². The van der Waals surface area contributed by atoms with E-state index < -0.39 is 0 Å². The zero-order valence-electron chi connectivity index (χ0n) is 15.8. The Balaban J connectivity index is 1.33. The topological polar surface area (TPSA) is 86.5 Å². The highest BCUT2D eigenvalue weighted by molar-refractivity contribution is 5.92. The average Bonchev–Trinajstić information content (AvgIpc) is 3.15. The maximum Gasteiger partial charge on any atom is 0.276 e. The molecule has 0 aliphatic carbocycles. The minimum atomic E-state index is -0.0701. The predicted molar refractivity (Wildman–Crippen MR) is 101 cm³/mol. The van der Waals surface area contributed by atoms with Gasteiger partial charge in [0.15, 0.2) is 17.3 Å². The van der Waals surface area contributed by atoms with E-state index in [9.17, 15) is 4.79 Å². The molecule has 0 N–H and O–H groups in total. The molecule has 0 atom stereocenters. The van der Waals surface area contributed by atoms with E-state index >= 15 is 0 Å². The number of aryl methyl sites for hydroxylation is 1. The Hall–Kier alpha value is -2.75. The van der Waals surface area contributed by atoms with Crippen LogP contribution in [0.5, 0.6) is 0 Å². The van der Waals surface area contributed by atoms with E-state index in [1.54, 1.807) is 17.9 Å². The number of carbonyl (C=O) groups excluding carboxylic acids is 1. The Kier molecular flexibility index (Phi) is 4.88. The number of aromatic nitrogens is 5. The fourth-order valence-corrected chi connectivity index (χ4v) is 3.44. The summed E-state index contributed by atoms with van der Waals surface area (Å²) in [4.78, 5) is 21.0. The number of anilines is 2. The van der Waals surface area contributed by atoms with E-state index in [1.807, 2.05) is 17.0 Å². The van der Waals surface area contributed by atoms with Crippen LogP contribution >= 0.6 is 0 Å². The summed E-state index contributed by atoms with van der Waals surface area (Å²) in [7, 11) is 3.90. The van der Waals surface area contributed by atoms with Gasteiger partial charge in [0.05, 0.1) is 6.20 Å². The first-order chi connectivity index (χ1) is 13.1. The molecule has 0 radical (unpaired) electrons. The monoisotopic (exact) mass is 371 g/mol. The van der Waals surface area contributed by atoms with Crippen LogP contribution in [0.1, 0.15) is 10.5 Å². The molecule has 27 heavy (non-hydrogen) atoms. The fourth-order valence-electron chi connectivity index (χ4n) is 3.44. The minimum Gasteiger partial charge on any atom is -0.353 e. The smallest absolute Gasteiger partial charge is 0.276 e. The molecule has 10 nitrogen and oxygen atoms in total. The quantitative estimate of drug-likeness (QED) is 0.701. The molecular weight excluding hydrogens is 346 g/mol. The van der Waals surface area contributed by atoms with Crippen molar-refractivity contribution in [2.24, 2.45) is 7.05 Å². The normalized spacial score (nSPS) is 18.8. The number of amides is 1. The maximum atomic E-state index is 12.5. The van der Waals surface area contributed by atoms with Crippen molar-refractivity contribution in [3.05, 3.63) is 24.0 Å². The van der Waals surface area contributed by atoms with Gasteiger partial charge in [0, 0.05) is 59.4 Å². The Morgan fingerprint density at radius 1 is 0.815 bits per heavy atom. The number of hydrogen-bond acceptors (Lipinski definition) is 8. The molecule has 2 fully saturated rings. The van der Waals surface area contributed by atoms with Gasteiger partial charge in [-0.1, -0.05) is 5.21 Å². The van der Waals surface area contributed by atoms with E-state index in [0.29, 0.717) is 18.8 Å². The van der Waals surface area contributed by atoms with Crippen LogP contribution in [0, 0.1) is 0 Å². The molecular formula is C17H25N9O. The second-order valence-corrected chi connectivity index (χ2v) is 7.10. The molecule has 2 aromatic rings. The van der Waals surface area contributed by atoms with Gasteiger partial charge in [-0.2, -0.15) is 0 Å². The standard InChI is InChI=1S/C17H25N9O/c1-22-5-7-24(8-6-22)15-3-4-16(20-19-15)25-9-11-26(12-10-25)17(27)14-13-23(2)21-18-14/h3-4,13H,5-12H2,1-2H3. The lowest BCUT2D eigenvalue weighted by Crippen LogP contribution is -2.49. The zero-order chi connectivity index (χ0) is 18.8. The Morgan fingerprint density at radius 3 is 1.85 bits per heavy atom. The van der Waals surface area contributed by atoms with Crippen molar-refractivity contribution in [1.82, 2.24) is 35.0 Å². The molecule has 0 unspecified atom stereocenters. The first kappa shape index (κ1) is 17.7. The first-order valence-electron chi connectivity index (χ1n) is 9.28. The number of nitrogens with zero attached hydrogens (tertiary/aromatic N) is 9. The van der Waals surface area contributed by atoms with Gasteiger partial charge in [0.1, 0.15) is 0 Å². The number of hydrogen-bond donors (Lipinski definition) is 0. The third-order valence-electron chi connectivity index (χ3n) is 5.18. The Labute approximate surface area is 158 Å². The van der Waals surface area contributed by atoms with Gasteiger partial charge >= 0.3 is 0 Å². The molecule has 2 saturated heterocycles. The molecule has 0 bridgehead atoms. The van der Waals surface area contributed by atoms with Crippen molar-refractivity contribution in [3.63, 3.8) is 0 Å². The molecule has 0 spiro atoms. The lowest BCUT2D eigenvalue weighted by atomic mass is 10.2. The highest BCUT2D eigenvalue weighted by Gasteiger charge is 2.25. The van der Waals surface area contributed by atoms with Crippen LogP contribution < -0.4 is 9.80 Å². The summed E-state index contributed by atoms with van der Waals surface area (Å²) < 4.78 is 1.54. The lowest BCUT2D eigenvalue weighted by molar-refractivity contribution is 0.0740. The van der Waals surface area contributed by atoms with Gasteiger partial charge in [-0.3, -0.25) is 9.48 Å². The van der Waals surface area contributed by atoms with Crippen LogP contribution in [0.3, 0.4) is 0 Å². The van der Waals surface area contributed by atoms with Crippen LogP contribution in [0.2, 0.25) is 0 Å². The summed E-state index contributed by atoms with van der Waals surface area (Å²) in [6.07, 6.45) is 1.65. The summed E-state index contributed by atoms with van der Waals surface area (Å²) >= 11 is 0. The molecule has 4 heterocycles. The highest BCUT2D eigenvalue weighted by Crippen LogP contribution is 2.18. The summed E-state index contributed by atoms with van der Waals surface area (Å²) in [6.45, 7) is 6.79. The number of piperazine rings is 2. The van der Waals surface area contributed by atoms with Crippen molar-refractivity contribution < 1.29 is 4.79 Å². The van der Waals surface area contributed by atoms with Crippen molar-refractivity contribution in [2.75, 3.05) is 69.2 Å². The van der Waals surface area contributed by atoms with Gasteiger partial charge in [0.25, 0.3) is 5.91 Å². The van der Waals surface area contributed by atoms with Crippen molar-refractivity contribution >= 4 is 17.5 Å². The summed E-state index contributed by atoms with van der Waals surface area (Å²) in [6, 6.07) is 4.07. The summed E-state index contributed by atoms with van der Waals surface area (Å²) in [5.74, 6) is 1.72. The third kappa shape index (κ3) is 3.85. The second-order valence-electron chi connectivity index (χ2n) is 7.10. The fraction of sp³-hybridized carbons (Fsp3) is 0.588. The van der Waals surface area contributed by atoms with Gasteiger partial charge < -0.3 is 19.6 Å². The molecule has 2 aromatic heterocycles. The second kappa shape index (κ2) is 7.47. The minimum absolute atomic E-state index is 0.0701. The highest BCUT2D eigenvalue weighted by atomic mass is 16.2. The van der Waals surface area contributed by atoms with Crippen LogP contribution in [0.15, 0.2) is 18.3 Å². The molecule has 10 heteroatoms. The summed E-state index contributed by atoms with van der Waals surface area (Å²) in [5, 5.41) is 16.6. The Bertz CT molecular complexity index is 774. The van der Waals surface area contributed by atoms with Gasteiger partial charge in [-0.25, -0.2) is 0 Å². The van der Waals surface area contributed by atoms with E-state index in [2.05, 4.69) is 42.3 Å².